The fourth-order valence-corrected chi connectivity index (χ4v) is 5.00. The van der Waals surface area contributed by atoms with Crippen LogP contribution in [0.4, 0.5) is 0 Å². The Kier molecular flexibility index (Phi) is 9.04. The third-order valence-electron chi connectivity index (χ3n) is 6.90. The van der Waals surface area contributed by atoms with Gasteiger partial charge in [-0.25, -0.2) is 0 Å². The molecule has 3 aromatic rings. The topological polar surface area (TPSA) is 46.2 Å². The van der Waals surface area contributed by atoms with Crippen LogP contribution in [0, 0.1) is 0 Å². The summed E-state index contributed by atoms with van der Waals surface area (Å²) in [6, 6.07) is 30.7. The minimum atomic E-state index is -0.355. The molecular weight excluding hydrogens is 464 g/mol. The lowest BCUT2D eigenvalue weighted by molar-refractivity contribution is -0.263. The van der Waals surface area contributed by atoms with Gasteiger partial charge in [0.15, 0.2) is 6.10 Å². The van der Waals surface area contributed by atoms with Crippen molar-refractivity contribution < 1.29 is 23.7 Å². The predicted octanol–water partition coefficient (Wildman–Crippen LogP) is 6.22. The Labute approximate surface area is 220 Å². The monoisotopic (exact) mass is 500 g/mol. The Morgan fingerprint density at radius 1 is 0.703 bits per heavy atom. The van der Waals surface area contributed by atoms with Gasteiger partial charge in [0.2, 0.25) is 0 Å². The van der Waals surface area contributed by atoms with Crippen LogP contribution in [0.3, 0.4) is 0 Å². The Morgan fingerprint density at radius 3 is 1.84 bits per heavy atom. The zero-order valence-electron chi connectivity index (χ0n) is 21.4. The Hall–Kier alpha value is -2.96. The molecule has 2 aliphatic heterocycles. The van der Waals surface area contributed by atoms with E-state index in [1.807, 2.05) is 61.5 Å². The summed E-state index contributed by atoms with van der Waals surface area (Å²) in [5.74, 6) is 0.907. The predicted molar refractivity (Wildman–Crippen MR) is 143 cm³/mol. The summed E-state index contributed by atoms with van der Waals surface area (Å²) in [4.78, 5) is 0. The van der Waals surface area contributed by atoms with Crippen LogP contribution in [-0.2, 0) is 43.5 Å². The van der Waals surface area contributed by atoms with Gasteiger partial charge in [-0.3, -0.25) is 0 Å². The van der Waals surface area contributed by atoms with Crippen LogP contribution in [0.2, 0.25) is 0 Å². The lowest BCUT2D eigenvalue weighted by Crippen LogP contribution is -2.60. The van der Waals surface area contributed by atoms with Gasteiger partial charge in [0, 0.05) is 0 Å². The van der Waals surface area contributed by atoms with Gasteiger partial charge >= 0.3 is 0 Å². The molecule has 2 heterocycles. The van der Waals surface area contributed by atoms with Crippen LogP contribution < -0.4 is 0 Å². The van der Waals surface area contributed by atoms with Crippen molar-refractivity contribution in [3.63, 3.8) is 0 Å². The SMILES string of the molecule is CC1=CCCC2O[C@H](COCc3ccccc3)[C@@H](OCc3ccccc3)[C@H](OCc3ccccc3)C2O1. The van der Waals surface area contributed by atoms with E-state index in [1.165, 1.54) is 0 Å². The summed E-state index contributed by atoms with van der Waals surface area (Å²) in [5.41, 5.74) is 3.35. The molecule has 5 nitrogen and oxygen atoms in total. The van der Waals surface area contributed by atoms with Gasteiger partial charge in [-0.05, 0) is 42.5 Å². The van der Waals surface area contributed by atoms with Crippen molar-refractivity contribution in [2.45, 2.75) is 70.1 Å². The maximum absolute atomic E-state index is 6.65. The molecule has 37 heavy (non-hydrogen) atoms. The molecule has 0 bridgehead atoms. The first kappa shape index (κ1) is 25.7. The molecule has 0 aliphatic carbocycles. The van der Waals surface area contributed by atoms with Crippen molar-refractivity contribution in [2.75, 3.05) is 6.61 Å². The smallest absolute Gasteiger partial charge is 0.153 e. The van der Waals surface area contributed by atoms with Crippen LogP contribution in [0.5, 0.6) is 0 Å². The van der Waals surface area contributed by atoms with E-state index in [0.29, 0.717) is 26.4 Å². The molecule has 2 unspecified atom stereocenters. The van der Waals surface area contributed by atoms with Gasteiger partial charge in [0.25, 0.3) is 0 Å². The average Bonchev–Trinajstić information content (AvgIpc) is 3.13. The maximum atomic E-state index is 6.65. The first-order valence-electron chi connectivity index (χ1n) is 13.2. The van der Waals surface area contributed by atoms with Gasteiger partial charge < -0.3 is 23.7 Å². The second-order valence-electron chi connectivity index (χ2n) is 9.71. The number of allylic oxidation sites excluding steroid dienone is 2. The standard InChI is InChI=1S/C32H36O5/c1-24-12-11-19-28-31(36-24)32(35-22-27-17-9-4-10-18-27)30(34-21-26-15-7-3-8-16-26)29(37-28)23-33-20-25-13-5-2-6-14-25/h2-10,12-18,28-32H,11,19-23H2,1H3/t28?,29-,30-,31?,32+/m1/s1. The Balaban J connectivity index is 1.37. The minimum absolute atomic E-state index is 0.101. The van der Waals surface area contributed by atoms with Crippen molar-refractivity contribution in [2.24, 2.45) is 0 Å². The third kappa shape index (κ3) is 7.08. The third-order valence-corrected chi connectivity index (χ3v) is 6.90. The minimum Gasteiger partial charge on any atom is -0.490 e. The Morgan fingerprint density at radius 2 is 1.24 bits per heavy atom. The molecular formula is C32H36O5. The second kappa shape index (κ2) is 13.0. The summed E-state index contributed by atoms with van der Waals surface area (Å²) in [6.45, 7) is 3.87. The second-order valence-corrected chi connectivity index (χ2v) is 9.71. The van der Waals surface area contributed by atoms with E-state index in [9.17, 15) is 0 Å². The fourth-order valence-electron chi connectivity index (χ4n) is 5.00. The highest BCUT2D eigenvalue weighted by Gasteiger charge is 2.49. The van der Waals surface area contributed by atoms with Gasteiger partial charge in [0.1, 0.15) is 18.3 Å². The summed E-state index contributed by atoms with van der Waals surface area (Å²) >= 11 is 0. The molecule has 5 rings (SSSR count). The highest BCUT2D eigenvalue weighted by molar-refractivity contribution is 5.16. The lowest BCUT2D eigenvalue weighted by Gasteiger charge is -2.45. The molecule has 5 heteroatoms. The first-order valence-corrected chi connectivity index (χ1v) is 13.2. The van der Waals surface area contributed by atoms with Gasteiger partial charge in [-0.2, -0.15) is 0 Å². The maximum Gasteiger partial charge on any atom is 0.153 e. The molecule has 194 valence electrons. The number of hydrogen-bond donors (Lipinski definition) is 0. The molecule has 2 aliphatic rings. The van der Waals surface area contributed by atoms with Crippen molar-refractivity contribution in [1.29, 1.82) is 0 Å². The molecule has 0 N–H and O–H groups in total. The van der Waals surface area contributed by atoms with E-state index in [4.69, 9.17) is 23.7 Å². The van der Waals surface area contributed by atoms with Gasteiger partial charge in [0.05, 0.1) is 38.3 Å². The van der Waals surface area contributed by atoms with Crippen LogP contribution in [0.15, 0.2) is 103 Å². The van der Waals surface area contributed by atoms with Gasteiger partial charge in [-0.15, -0.1) is 0 Å². The van der Waals surface area contributed by atoms with Gasteiger partial charge in [-0.1, -0.05) is 91.0 Å². The normalized spacial score (nSPS) is 25.4. The van der Waals surface area contributed by atoms with E-state index in [1.54, 1.807) is 0 Å². The average molecular weight is 501 g/mol. The number of benzene rings is 3. The van der Waals surface area contributed by atoms with Crippen LogP contribution >= 0.6 is 0 Å². The summed E-state index contributed by atoms with van der Waals surface area (Å²) in [5, 5.41) is 0. The number of ether oxygens (including phenoxy) is 5. The molecule has 0 spiro atoms. The first-order chi connectivity index (χ1) is 18.3. The number of fused-ring (bicyclic) bond motifs is 1. The molecule has 5 atom stereocenters. The Bertz CT molecular complexity index is 1100. The highest BCUT2D eigenvalue weighted by Crippen LogP contribution is 2.34. The van der Waals surface area contributed by atoms with Crippen LogP contribution in [0.25, 0.3) is 0 Å². The highest BCUT2D eigenvalue weighted by atomic mass is 16.6. The summed E-state index contributed by atoms with van der Waals surface area (Å²) < 4.78 is 32.4. The molecule has 0 amide bonds. The van der Waals surface area contributed by atoms with E-state index >= 15 is 0 Å². The molecule has 0 aromatic heterocycles. The van der Waals surface area contributed by atoms with Crippen molar-refractivity contribution >= 4 is 0 Å². The molecule has 0 saturated carbocycles. The van der Waals surface area contributed by atoms with E-state index in [2.05, 4.69) is 42.5 Å². The zero-order valence-corrected chi connectivity index (χ0v) is 21.4. The number of rotatable bonds is 10. The van der Waals surface area contributed by atoms with Crippen molar-refractivity contribution in [3.05, 3.63) is 120 Å². The zero-order chi connectivity index (χ0) is 25.3. The van der Waals surface area contributed by atoms with E-state index in [0.717, 1.165) is 35.3 Å². The van der Waals surface area contributed by atoms with E-state index < -0.39 is 0 Å². The molecule has 1 saturated heterocycles. The summed E-state index contributed by atoms with van der Waals surface area (Å²) in [7, 11) is 0. The molecule has 3 aromatic carbocycles. The fraction of sp³-hybridized carbons (Fsp3) is 0.375. The molecule has 0 radical (unpaired) electrons. The molecule has 1 fully saturated rings. The van der Waals surface area contributed by atoms with Crippen molar-refractivity contribution in [3.8, 4) is 0 Å². The quantitative estimate of drug-likeness (QED) is 0.331. The summed E-state index contributed by atoms with van der Waals surface area (Å²) in [6.07, 6.45) is 2.61. The largest absolute Gasteiger partial charge is 0.490 e. The number of hydrogen-bond acceptors (Lipinski definition) is 5. The van der Waals surface area contributed by atoms with Crippen LogP contribution in [0.1, 0.15) is 36.5 Å². The van der Waals surface area contributed by atoms with Crippen molar-refractivity contribution in [1.82, 2.24) is 0 Å². The lowest BCUT2D eigenvalue weighted by atomic mass is 9.92. The van der Waals surface area contributed by atoms with E-state index in [-0.39, 0.29) is 30.5 Å². The van der Waals surface area contributed by atoms with Crippen LogP contribution in [-0.4, -0.2) is 37.1 Å².